The van der Waals surface area contributed by atoms with E-state index in [-0.39, 0.29) is 12.6 Å². The van der Waals surface area contributed by atoms with Gasteiger partial charge >= 0.3 is 0 Å². The lowest BCUT2D eigenvalue weighted by molar-refractivity contribution is 0.262. The van der Waals surface area contributed by atoms with Crippen molar-refractivity contribution in [1.29, 1.82) is 0 Å². The first-order valence-corrected chi connectivity index (χ1v) is 6.95. The van der Waals surface area contributed by atoms with Gasteiger partial charge in [0.1, 0.15) is 0 Å². The molecule has 0 saturated carbocycles. The predicted molar refractivity (Wildman–Crippen MR) is 78.1 cm³/mol. The van der Waals surface area contributed by atoms with Crippen molar-refractivity contribution in [3.05, 3.63) is 29.6 Å². The lowest BCUT2D eigenvalue weighted by Gasteiger charge is -2.13. The first-order chi connectivity index (χ1) is 10.1. The molecule has 2 rings (SSSR count). The second-order valence-corrected chi connectivity index (χ2v) is 4.88. The molecular formula is C14H21N5O2. The van der Waals surface area contributed by atoms with Crippen LogP contribution >= 0.6 is 0 Å². The van der Waals surface area contributed by atoms with E-state index in [1.165, 1.54) is 4.80 Å². The monoisotopic (exact) mass is 291 g/mol. The highest BCUT2D eigenvalue weighted by Crippen LogP contribution is 2.29. The molecule has 7 heteroatoms. The number of benzene rings is 1. The highest BCUT2D eigenvalue weighted by atomic mass is 16.5. The summed E-state index contributed by atoms with van der Waals surface area (Å²) in [6.45, 7) is 4.73. The Morgan fingerprint density at radius 2 is 2.10 bits per heavy atom. The molecule has 0 bridgehead atoms. The number of hydrogen-bond acceptors (Lipinski definition) is 6. The van der Waals surface area contributed by atoms with Crippen LogP contribution in [0.15, 0.2) is 18.2 Å². The maximum Gasteiger partial charge on any atom is 0.212 e. The minimum Gasteiger partial charge on any atom is -0.490 e. The van der Waals surface area contributed by atoms with Crippen molar-refractivity contribution in [3.8, 4) is 11.5 Å². The van der Waals surface area contributed by atoms with E-state index in [0.717, 1.165) is 12.0 Å². The summed E-state index contributed by atoms with van der Waals surface area (Å²) in [5.41, 5.74) is 6.95. The Hall–Kier alpha value is -2.15. The zero-order valence-corrected chi connectivity index (χ0v) is 12.6. The summed E-state index contributed by atoms with van der Waals surface area (Å²) in [6, 6.07) is 5.95. The molecule has 1 aromatic carbocycles. The van der Waals surface area contributed by atoms with Crippen LogP contribution in [0.5, 0.6) is 11.5 Å². The molecule has 0 aliphatic rings. The third kappa shape index (κ3) is 4.42. The molecule has 0 saturated heterocycles. The standard InChI is InChI=1S/C14H21N5O2/c1-4-20-13-8-11(7-10(2)15)5-6-12(13)21-9-14-16-18-19(3)17-14/h5-6,8,10H,4,7,9,15H2,1-3H3. The van der Waals surface area contributed by atoms with Gasteiger partial charge in [0.2, 0.25) is 5.82 Å². The van der Waals surface area contributed by atoms with Crippen LogP contribution in [0.25, 0.3) is 0 Å². The van der Waals surface area contributed by atoms with Gasteiger partial charge in [0.05, 0.1) is 13.7 Å². The van der Waals surface area contributed by atoms with Crippen LogP contribution in [-0.2, 0) is 20.1 Å². The van der Waals surface area contributed by atoms with Crippen LogP contribution in [0.1, 0.15) is 25.2 Å². The van der Waals surface area contributed by atoms with Gasteiger partial charge in [-0.15, -0.1) is 10.2 Å². The Bertz CT molecular complexity index is 582. The van der Waals surface area contributed by atoms with Crippen molar-refractivity contribution in [2.24, 2.45) is 12.8 Å². The summed E-state index contributed by atoms with van der Waals surface area (Å²) in [6.07, 6.45) is 0.798. The van der Waals surface area contributed by atoms with Crippen LogP contribution < -0.4 is 15.2 Å². The molecule has 1 atom stereocenters. The van der Waals surface area contributed by atoms with Crippen molar-refractivity contribution in [3.63, 3.8) is 0 Å². The lowest BCUT2D eigenvalue weighted by Crippen LogP contribution is -2.17. The van der Waals surface area contributed by atoms with Gasteiger partial charge in [-0.25, -0.2) is 0 Å². The zero-order valence-electron chi connectivity index (χ0n) is 12.6. The number of tetrazole rings is 1. The van der Waals surface area contributed by atoms with E-state index in [1.54, 1.807) is 7.05 Å². The number of hydrogen-bond donors (Lipinski definition) is 1. The van der Waals surface area contributed by atoms with E-state index < -0.39 is 0 Å². The molecule has 114 valence electrons. The highest BCUT2D eigenvalue weighted by Gasteiger charge is 2.09. The summed E-state index contributed by atoms with van der Waals surface area (Å²) in [7, 11) is 1.71. The van der Waals surface area contributed by atoms with Crippen LogP contribution in [0, 0.1) is 0 Å². The molecule has 0 amide bonds. The molecule has 1 heterocycles. The molecule has 7 nitrogen and oxygen atoms in total. The fourth-order valence-electron chi connectivity index (χ4n) is 1.96. The van der Waals surface area contributed by atoms with Crippen LogP contribution in [-0.4, -0.2) is 32.9 Å². The van der Waals surface area contributed by atoms with E-state index in [2.05, 4.69) is 15.4 Å². The van der Waals surface area contributed by atoms with Crippen LogP contribution in [0.4, 0.5) is 0 Å². The van der Waals surface area contributed by atoms with E-state index in [1.807, 2.05) is 32.0 Å². The largest absolute Gasteiger partial charge is 0.490 e. The Kier molecular flexibility index (Phi) is 5.10. The Balaban J connectivity index is 2.09. The third-order valence-corrected chi connectivity index (χ3v) is 2.77. The summed E-state index contributed by atoms with van der Waals surface area (Å²) in [5.74, 6) is 1.90. The average molecular weight is 291 g/mol. The first kappa shape index (κ1) is 15.2. The van der Waals surface area contributed by atoms with Gasteiger partial charge < -0.3 is 15.2 Å². The van der Waals surface area contributed by atoms with Gasteiger partial charge in [0, 0.05) is 6.04 Å². The lowest BCUT2D eigenvalue weighted by atomic mass is 10.1. The normalized spacial score (nSPS) is 12.2. The molecular weight excluding hydrogens is 270 g/mol. The maximum atomic E-state index is 5.83. The highest BCUT2D eigenvalue weighted by molar-refractivity contribution is 5.43. The molecule has 0 fully saturated rings. The summed E-state index contributed by atoms with van der Waals surface area (Å²) >= 11 is 0. The molecule has 0 aliphatic carbocycles. The average Bonchev–Trinajstić information content (AvgIpc) is 2.83. The maximum absolute atomic E-state index is 5.83. The van der Waals surface area contributed by atoms with Crippen LogP contribution in [0.3, 0.4) is 0 Å². The molecule has 0 aliphatic heterocycles. The Morgan fingerprint density at radius 3 is 2.71 bits per heavy atom. The van der Waals surface area contributed by atoms with Gasteiger partial charge in [-0.05, 0) is 43.2 Å². The fourth-order valence-corrected chi connectivity index (χ4v) is 1.96. The molecule has 2 aromatic rings. The Morgan fingerprint density at radius 1 is 1.29 bits per heavy atom. The van der Waals surface area contributed by atoms with Crippen molar-refractivity contribution >= 4 is 0 Å². The van der Waals surface area contributed by atoms with Crippen molar-refractivity contribution < 1.29 is 9.47 Å². The third-order valence-electron chi connectivity index (χ3n) is 2.77. The van der Waals surface area contributed by atoms with E-state index in [4.69, 9.17) is 15.2 Å². The number of nitrogens with two attached hydrogens (primary N) is 1. The second kappa shape index (κ2) is 7.03. The molecule has 0 spiro atoms. The second-order valence-electron chi connectivity index (χ2n) is 4.88. The number of nitrogens with zero attached hydrogens (tertiary/aromatic N) is 4. The smallest absolute Gasteiger partial charge is 0.212 e. The van der Waals surface area contributed by atoms with Crippen molar-refractivity contribution in [2.45, 2.75) is 32.9 Å². The number of aromatic nitrogens is 4. The summed E-state index contributed by atoms with van der Waals surface area (Å²) in [4.78, 5) is 1.40. The molecule has 0 radical (unpaired) electrons. The molecule has 1 unspecified atom stereocenters. The van der Waals surface area contributed by atoms with E-state index in [0.29, 0.717) is 23.9 Å². The van der Waals surface area contributed by atoms with Gasteiger partial charge in [0.15, 0.2) is 18.1 Å². The summed E-state index contributed by atoms with van der Waals surface area (Å²) in [5, 5.41) is 11.7. The number of ether oxygens (including phenoxy) is 2. The minimum atomic E-state index is 0.107. The van der Waals surface area contributed by atoms with Crippen LogP contribution in [0.2, 0.25) is 0 Å². The minimum absolute atomic E-state index is 0.107. The molecule has 1 aromatic heterocycles. The van der Waals surface area contributed by atoms with Gasteiger partial charge in [0.25, 0.3) is 0 Å². The fraction of sp³-hybridized carbons (Fsp3) is 0.500. The van der Waals surface area contributed by atoms with Gasteiger partial charge in [-0.2, -0.15) is 4.80 Å². The van der Waals surface area contributed by atoms with E-state index >= 15 is 0 Å². The number of aryl methyl sites for hydroxylation is 1. The summed E-state index contributed by atoms with van der Waals surface area (Å²) < 4.78 is 11.3. The van der Waals surface area contributed by atoms with Gasteiger partial charge in [-0.3, -0.25) is 0 Å². The quantitative estimate of drug-likeness (QED) is 0.821. The van der Waals surface area contributed by atoms with E-state index in [9.17, 15) is 0 Å². The van der Waals surface area contributed by atoms with Crippen molar-refractivity contribution in [1.82, 2.24) is 20.2 Å². The first-order valence-electron chi connectivity index (χ1n) is 6.95. The number of rotatable bonds is 7. The van der Waals surface area contributed by atoms with Crippen molar-refractivity contribution in [2.75, 3.05) is 6.61 Å². The SMILES string of the molecule is CCOc1cc(CC(C)N)ccc1OCc1nnn(C)n1. The van der Waals surface area contributed by atoms with Gasteiger partial charge in [-0.1, -0.05) is 6.07 Å². The molecule has 21 heavy (non-hydrogen) atoms. The Labute approximate surface area is 124 Å². The molecule has 2 N–H and O–H groups in total. The topological polar surface area (TPSA) is 88.1 Å². The zero-order chi connectivity index (χ0) is 15.2. The predicted octanol–water partition coefficient (Wildman–Crippen LogP) is 1.08.